The van der Waals surface area contributed by atoms with Gasteiger partial charge in [0.2, 0.25) is 0 Å². The van der Waals surface area contributed by atoms with Crippen molar-refractivity contribution >= 4 is 38.9 Å². The highest BCUT2D eigenvalue weighted by atomic mass is 32.1. The summed E-state index contributed by atoms with van der Waals surface area (Å²) in [7, 11) is 1.42. The minimum absolute atomic E-state index is 0.194. The second-order valence-electron chi connectivity index (χ2n) is 6.64. The van der Waals surface area contributed by atoms with E-state index in [1.54, 1.807) is 22.7 Å². The predicted octanol–water partition coefficient (Wildman–Crippen LogP) is 4.99. The number of methoxy groups -OCH3 is 1. The van der Waals surface area contributed by atoms with Crippen LogP contribution >= 0.6 is 22.7 Å². The van der Waals surface area contributed by atoms with E-state index in [-0.39, 0.29) is 5.97 Å². The van der Waals surface area contributed by atoms with E-state index >= 15 is 0 Å². The Balaban J connectivity index is 1.54. The van der Waals surface area contributed by atoms with Crippen LogP contribution in [0.3, 0.4) is 0 Å². The molecule has 0 amide bonds. The third kappa shape index (κ3) is 3.72. The van der Waals surface area contributed by atoms with E-state index in [4.69, 9.17) is 14.7 Å². The van der Waals surface area contributed by atoms with Crippen molar-refractivity contribution in [1.29, 1.82) is 0 Å². The van der Waals surface area contributed by atoms with Crippen molar-refractivity contribution in [3.8, 4) is 11.3 Å². The molecule has 0 aliphatic carbocycles. The van der Waals surface area contributed by atoms with E-state index in [9.17, 15) is 4.79 Å². The van der Waals surface area contributed by atoms with Crippen LogP contribution < -0.4 is 0 Å². The van der Waals surface area contributed by atoms with Gasteiger partial charge in [-0.05, 0) is 32.0 Å². The molecule has 0 unspecified atom stereocenters. The Hall–Kier alpha value is -2.51. The number of para-hydroxylation sites is 1. The SMILES string of the molecule is COC(=O)CCn1c(C)cc(-c2csc(Cc3nc4ccccc4s3)n2)c1C. The van der Waals surface area contributed by atoms with Crippen molar-refractivity contribution in [2.75, 3.05) is 7.11 Å². The molecule has 28 heavy (non-hydrogen) atoms. The normalized spacial score (nSPS) is 11.2. The number of aryl methyl sites for hydroxylation is 1. The monoisotopic (exact) mass is 411 g/mol. The van der Waals surface area contributed by atoms with E-state index in [0.717, 1.165) is 44.6 Å². The van der Waals surface area contributed by atoms with Crippen LogP contribution in [0.4, 0.5) is 0 Å². The zero-order valence-corrected chi connectivity index (χ0v) is 17.7. The maximum atomic E-state index is 11.5. The van der Waals surface area contributed by atoms with Crippen LogP contribution in [0.15, 0.2) is 35.7 Å². The lowest BCUT2D eigenvalue weighted by molar-refractivity contribution is -0.140. The van der Waals surface area contributed by atoms with E-state index in [0.29, 0.717) is 13.0 Å². The van der Waals surface area contributed by atoms with E-state index in [2.05, 4.69) is 35.9 Å². The summed E-state index contributed by atoms with van der Waals surface area (Å²) in [6.45, 7) is 4.75. The molecule has 0 spiro atoms. The van der Waals surface area contributed by atoms with Gasteiger partial charge in [0.25, 0.3) is 0 Å². The molecule has 5 nitrogen and oxygen atoms in total. The van der Waals surface area contributed by atoms with Crippen molar-refractivity contribution in [2.45, 2.75) is 33.2 Å². The van der Waals surface area contributed by atoms with Crippen LogP contribution in [0.5, 0.6) is 0 Å². The number of rotatable bonds is 6. The lowest BCUT2D eigenvalue weighted by Crippen LogP contribution is -2.09. The number of carbonyl (C=O) groups excluding carboxylic acids is 1. The molecule has 0 aliphatic heterocycles. The number of hydrogen-bond donors (Lipinski definition) is 0. The molecule has 3 aromatic heterocycles. The number of aromatic nitrogens is 3. The van der Waals surface area contributed by atoms with Crippen molar-refractivity contribution in [3.05, 3.63) is 57.1 Å². The maximum Gasteiger partial charge on any atom is 0.307 e. The van der Waals surface area contributed by atoms with Gasteiger partial charge in [-0.1, -0.05) is 12.1 Å². The number of hydrogen-bond acceptors (Lipinski definition) is 6. The fourth-order valence-corrected chi connectivity index (χ4v) is 5.21. The largest absolute Gasteiger partial charge is 0.469 e. The first-order valence-corrected chi connectivity index (χ1v) is 10.8. The quantitative estimate of drug-likeness (QED) is 0.419. The molecule has 7 heteroatoms. The summed E-state index contributed by atoms with van der Waals surface area (Å²) >= 11 is 3.39. The van der Waals surface area contributed by atoms with Gasteiger partial charge in [0.1, 0.15) is 10.0 Å². The Morgan fingerprint density at radius 2 is 2.00 bits per heavy atom. The molecule has 144 valence electrons. The maximum absolute atomic E-state index is 11.5. The number of benzene rings is 1. The van der Waals surface area contributed by atoms with Gasteiger partial charge in [0.15, 0.2) is 0 Å². The standard InChI is InChI=1S/C21H21N3O2S2/c1-13-10-15(14(2)24(13)9-8-21(25)26-3)17-12-27-19(23-17)11-20-22-16-6-4-5-7-18(16)28-20/h4-7,10,12H,8-9,11H2,1-3H3. The lowest BCUT2D eigenvalue weighted by Gasteiger charge is -2.08. The molecule has 0 bridgehead atoms. The minimum Gasteiger partial charge on any atom is -0.469 e. The van der Waals surface area contributed by atoms with Crippen LogP contribution in [0.25, 0.3) is 21.5 Å². The number of carbonyl (C=O) groups is 1. The molecule has 0 fully saturated rings. The Morgan fingerprint density at radius 3 is 2.79 bits per heavy atom. The highest BCUT2D eigenvalue weighted by Crippen LogP contribution is 2.30. The summed E-state index contributed by atoms with van der Waals surface area (Å²) in [4.78, 5) is 21.0. The van der Waals surface area contributed by atoms with Crippen LogP contribution in [-0.4, -0.2) is 27.6 Å². The summed E-state index contributed by atoms with van der Waals surface area (Å²) in [5.74, 6) is -0.194. The Labute approximate surface area is 171 Å². The van der Waals surface area contributed by atoms with Gasteiger partial charge in [0.05, 0.1) is 35.9 Å². The van der Waals surface area contributed by atoms with Gasteiger partial charge in [0, 0.05) is 28.9 Å². The molecule has 0 saturated carbocycles. The third-order valence-corrected chi connectivity index (χ3v) is 6.69. The number of nitrogens with zero attached hydrogens (tertiary/aromatic N) is 3. The van der Waals surface area contributed by atoms with Gasteiger partial charge >= 0.3 is 5.97 Å². The van der Waals surface area contributed by atoms with Gasteiger partial charge in [-0.3, -0.25) is 4.79 Å². The highest BCUT2D eigenvalue weighted by Gasteiger charge is 2.15. The zero-order chi connectivity index (χ0) is 19.7. The average Bonchev–Trinajstić information content (AvgIpc) is 3.38. The lowest BCUT2D eigenvalue weighted by atomic mass is 10.2. The van der Waals surface area contributed by atoms with Crippen molar-refractivity contribution in [2.24, 2.45) is 0 Å². The molecular formula is C21H21N3O2S2. The molecule has 0 N–H and O–H groups in total. The van der Waals surface area contributed by atoms with Crippen LogP contribution in [0, 0.1) is 13.8 Å². The Morgan fingerprint density at radius 1 is 1.18 bits per heavy atom. The molecule has 3 heterocycles. The van der Waals surface area contributed by atoms with Crippen molar-refractivity contribution in [1.82, 2.24) is 14.5 Å². The first-order valence-electron chi connectivity index (χ1n) is 9.08. The smallest absolute Gasteiger partial charge is 0.307 e. The first kappa shape index (κ1) is 18.8. The molecule has 4 aromatic rings. The fourth-order valence-electron chi connectivity index (χ4n) is 3.35. The second kappa shape index (κ2) is 7.85. The van der Waals surface area contributed by atoms with E-state index in [1.165, 1.54) is 11.8 Å². The molecular weight excluding hydrogens is 390 g/mol. The van der Waals surface area contributed by atoms with Crippen LogP contribution in [0.2, 0.25) is 0 Å². The molecule has 4 rings (SSSR count). The van der Waals surface area contributed by atoms with E-state index in [1.807, 2.05) is 18.2 Å². The van der Waals surface area contributed by atoms with Gasteiger partial charge < -0.3 is 9.30 Å². The number of ether oxygens (including phenoxy) is 1. The summed E-state index contributed by atoms with van der Waals surface area (Å²) in [6.07, 6.45) is 1.12. The summed E-state index contributed by atoms with van der Waals surface area (Å²) in [5, 5.41) is 4.26. The molecule has 1 aromatic carbocycles. The number of fused-ring (bicyclic) bond motifs is 1. The van der Waals surface area contributed by atoms with Gasteiger partial charge in [-0.25, -0.2) is 9.97 Å². The minimum atomic E-state index is -0.194. The zero-order valence-electron chi connectivity index (χ0n) is 16.1. The highest BCUT2D eigenvalue weighted by molar-refractivity contribution is 7.18. The fraction of sp³-hybridized carbons (Fsp3) is 0.286. The average molecular weight is 412 g/mol. The summed E-state index contributed by atoms with van der Waals surface area (Å²) in [6, 6.07) is 10.4. The number of esters is 1. The number of thiazole rings is 2. The van der Waals surface area contributed by atoms with Crippen LogP contribution in [0.1, 0.15) is 27.8 Å². The van der Waals surface area contributed by atoms with Crippen molar-refractivity contribution < 1.29 is 9.53 Å². The molecule has 0 aliphatic rings. The van der Waals surface area contributed by atoms with Crippen molar-refractivity contribution in [3.63, 3.8) is 0 Å². The molecule has 0 radical (unpaired) electrons. The predicted molar refractivity (Wildman–Crippen MR) is 114 cm³/mol. The molecule has 0 atom stereocenters. The first-order chi connectivity index (χ1) is 13.5. The summed E-state index contributed by atoms with van der Waals surface area (Å²) in [5.41, 5.74) is 5.40. The Bertz CT molecular complexity index is 1110. The topological polar surface area (TPSA) is 57.0 Å². The molecule has 0 saturated heterocycles. The second-order valence-corrected chi connectivity index (χ2v) is 8.70. The van der Waals surface area contributed by atoms with Gasteiger partial charge in [-0.2, -0.15) is 0 Å². The van der Waals surface area contributed by atoms with Crippen LogP contribution in [-0.2, 0) is 22.5 Å². The van der Waals surface area contributed by atoms with Gasteiger partial charge in [-0.15, -0.1) is 22.7 Å². The summed E-state index contributed by atoms with van der Waals surface area (Å²) < 4.78 is 8.12. The Kier molecular flexibility index (Phi) is 5.28. The van der Waals surface area contributed by atoms with E-state index < -0.39 is 0 Å². The third-order valence-electron chi connectivity index (χ3n) is 4.81.